The number of rotatable bonds is 1. The average molecular weight is 87.2 g/mol. The van der Waals surface area contributed by atoms with Gasteiger partial charge in [-0.15, -0.1) is 0 Å². The molecule has 0 fully saturated rings. The molecule has 0 unspecified atom stereocenters. The highest BCUT2D eigenvalue weighted by molar-refractivity contribution is 5.98. The molecule has 29 valence electrons. The first-order valence-corrected chi connectivity index (χ1v) is 2.01. The summed E-state index contributed by atoms with van der Waals surface area (Å²) in [4.78, 5) is 0. The van der Waals surface area contributed by atoms with Crippen LogP contribution in [0.4, 0.5) is 0 Å². The van der Waals surface area contributed by atoms with E-state index < -0.39 is 0 Å². The van der Waals surface area contributed by atoms with Crippen molar-refractivity contribution < 1.29 is 4.43 Å². The minimum absolute atomic E-state index is 1.46. The molecule has 0 bridgehead atoms. The van der Waals surface area contributed by atoms with Gasteiger partial charge in [0.25, 0.3) is 0 Å². The summed E-state index contributed by atoms with van der Waals surface area (Å²) in [6, 6.07) is 0. The van der Waals surface area contributed by atoms with Crippen molar-refractivity contribution in [2.24, 2.45) is 0 Å². The standard InChI is InChI=1S/C3H7OSi/c1-2-3-4-5/h2-3H,5H2,1H3/b3-2-. The van der Waals surface area contributed by atoms with Crippen LogP contribution >= 0.6 is 0 Å². The summed E-state index contributed by atoms with van der Waals surface area (Å²) in [5.41, 5.74) is 0. The molecule has 0 aliphatic carbocycles. The van der Waals surface area contributed by atoms with Crippen LogP contribution < -0.4 is 0 Å². The Morgan fingerprint density at radius 2 is 2.40 bits per heavy atom. The second-order valence-electron chi connectivity index (χ2n) is 0.636. The van der Waals surface area contributed by atoms with E-state index in [-0.39, 0.29) is 0 Å². The topological polar surface area (TPSA) is 9.23 Å². The van der Waals surface area contributed by atoms with Crippen LogP contribution in [0.2, 0.25) is 0 Å². The molecule has 0 spiro atoms. The summed E-state index contributed by atoms with van der Waals surface area (Å²) in [6.45, 7) is 1.91. The van der Waals surface area contributed by atoms with Crippen LogP contribution in [0, 0.1) is 0 Å². The highest BCUT2D eigenvalue weighted by Crippen LogP contribution is 1.63. The van der Waals surface area contributed by atoms with Crippen molar-refractivity contribution in [1.29, 1.82) is 0 Å². The lowest BCUT2D eigenvalue weighted by Gasteiger charge is -1.77. The molecule has 2 heteroatoms. The SMILES string of the molecule is C/C=C\O[SiH2]. The fraction of sp³-hybridized carbons (Fsp3) is 0.333. The van der Waals surface area contributed by atoms with Crippen molar-refractivity contribution in [2.75, 3.05) is 0 Å². The van der Waals surface area contributed by atoms with Gasteiger partial charge >= 0.3 is 0 Å². The largest absolute Gasteiger partial charge is 0.555 e. The highest BCUT2D eigenvalue weighted by atomic mass is 28.2. The molecular weight excluding hydrogens is 80.1 g/mol. The van der Waals surface area contributed by atoms with Crippen LogP contribution in [0.3, 0.4) is 0 Å². The molecule has 1 nitrogen and oxygen atoms in total. The van der Waals surface area contributed by atoms with Gasteiger partial charge < -0.3 is 4.43 Å². The van der Waals surface area contributed by atoms with Crippen molar-refractivity contribution in [1.82, 2.24) is 0 Å². The quantitative estimate of drug-likeness (QED) is 0.325. The Labute approximate surface area is 35.2 Å². The molecule has 0 amide bonds. The molecule has 5 heavy (non-hydrogen) atoms. The fourth-order valence-electron chi connectivity index (χ4n) is 0.0962. The van der Waals surface area contributed by atoms with Gasteiger partial charge in [0.2, 0.25) is 10.5 Å². The molecule has 0 saturated carbocycles. The molecule has 0 heterocycles. The third-order valence-electron chi connectivity index (χ3n) is 0.232. The minimum Gasteiger partial charge on any atom is -0.555 e. The number of hydrogen-bond donors (Lipinski definition) is 0. The minimum atomic E-state index is 1.46. The lowest BCUT2D eigenvalue weighted by molar-refractivity contribution is 0.534. The first kappa shape index (κ1) is 4.76. The van der Waals surface area contributed by atoms with Gasteiger partial charge in [-0.1, -0.05) is 6.08 Å². The van der Waals surface area contributed by atoms with E-state index in [0.29, 0.717) is 0 Å². The van der Waals surface area contributed by atoms with Crippen LogP contribution in [-0.4, -0.2) is 10.5 Å². The zero-order chi connectivity index (χ0) is 4.12. The summed E-state index contributed by atoms with van der Waals surface area (Å²) < 4.78 is 4.54. The van der Waals surface area contributed by atoms with E-state index in [1.54, 1.807) is 6.26 Å². The van der Waals surface area contributed by atoms with Crippen LogP contribution in [0.5, 0.6) is 0 Å². The lowest BCUT2D eigenvalue weighted by Crippen LogP contribution is -1.62. The molecule has 0 aliphatic heterocycles. The maximum Gasteiger partial charge on any atom is 0.242 e. The Hall–Kier alpha value is -0.243. The fourth-order valence-corrected chi connectivity index (χ4v) is 0.289. The second kappa shape index (κ2) is 3.76. The second-order valence-corrected chi connectivity index (χ2v) is 0.969. The highest BCUT2D eigenvalue weighted by Gasteiger charge is 1.47. The maximum atomic E-state index is 4.54. The zero-order valence-electron chi connectivity index (χ0n) is 3.27. The van der Waals surface area contributed by atoms with Crippen molar-refractivity contribution in [3.8, 4) is 0 Å². The summed E-state index contributed by atoms with van der Waals surface area (Å²) in [5.74, 6) is 0. The van der Waals surface area contributed by atoms with Crippen molar-refractivity contribution in [3.63, 3.8) is 0 Å². The van der Waals surface area contributed by atoms with Gasteiger partial charge in [0.05, 0.1) is 6.26 Å². The Balaban J connectivity index is 2.62. The molecule has 0 rings (SSSR count). The Bertz CT molecular complexity index is 33.9. The van der Waals surface area contributed by atoms with E-state index in [2.05, 4.69) is 4.43 Å². The van der Waals surface area contributed by atoms with E-state index in [9.17, 15) is 0 Å². The van der Waals surface area contributed by atoms with Crippen LogP contribution in [0.1, 0.15) is 6.92 Å². The predicted molar refractivity (Wildman–Crippen MR) is 24.4 cm³/mol. The number of allylic oxidation sites excluding steroid dienone is 1. The summed E-state index contributed by atoms with van der Waals surface area (Å²) in [5, 5.41) is 0. The first-order chi connectivity index (χ1) is 2.41. The van der Waals surface area contributed by atoms with Crippen LogP contribution in [-0.2, 0) is 4.43 Å². The average Bonchev–Trinajstić information content (AvgIpc) is 1.41. The Kier molecular flexibility index (Phi) is 3.57. The molecular formula is C3H7OSi. The van der Waals surface area contributed by atoms with Gasteiger partial charge in [0.1, 0.15) is 0 Å². The van der Waals surface area contributed by atoms with Gasteiger partial charge in [-0.3, -0.25) is 0 Å². The van der Waals surface area contributed by atoms with Gasteiger partial charge in [-0.05, 0) is 6.92 Å². The van der Waals surface area contributed by atoms with Crippen LogP contribution in [0.15, 0.2) is 12.3 Å². The molecule has 0 aromatic carbocycles. The lowest BCUT2D eigenvalue weighted by atomic mass is 10.8. The predicted octanol–water partition coefficient (Wildman–Crippen LogP) is 0.0847. The number of hydrogen-bond acceptors (Lipinski definition) is 1. The zero-order valence-corrected chi connectivity index (χ0v) is 4.68. The van der Waals surface area contributed by atoms with E-state index in [1.807, 2.05) is 13.0 Å². The molecule has 0 N–H and O–H groups in total. The van der Waals surface area contributed by atoms with Gasteiger partial charge in [0, 0.05) is 0 Å². The molecule has 0 atom stereocenters. The molecule has 0 aliphatic rings. The summed E-state index contributed by atoms with van der Waals surface area (Å²) in [7, 11) is 1.46. The maximum absolute atomic E-state index is 4.54. The summed E-state index contributed by atoms with van der Waals surface area (Å²) >= 11 is 0. The molecule has 0 saturated heterocycles. The third kappa shape index (κ3) is 3.76. The molecule has 0 aromatic rings. The van der Waals surface area contributed by atoms with Crippen molar-refractivity contribution >= 4 is 10.5 Å². The molecule has 1 radical (unpaired) electrons. The van der Waals surface area contributed by atoms with E-state index in [0.717, 1.165) is 0 Å². The third-order valence-corrected chi connectivity index (χ3v) is 0.425. The van der Waals surface area contributed by atoms with Gasteiger partial charge in [-0.2, -0.15) is 0 Å². The van der Waals surface area contributed by atoms with Gasteiger partial charge in [-0.25, -0.2) is 0 Å². The van der Waals surface area contributed by atoms with E-state index in [4.69, 9.17) is 0 Å². The van der Waals surface area contributed by atoms with E-state index in [1.165, 1.54) is 10.5 Å². The first-order valence-electron chi connectivity index (χ1n) is 1.44. The summed E-state index contributed by atoms with van der Waals surface area (Å²) in [6.07, 6.45) is 3.48. The van der Waals surface area contributed by atoms with Crippen molar-refractivity contribution in [2.45, 2.75) is 6.92 Å². The van der Waals surface area contributed by atoms with Crippen LogP contribution in [0.25, 0.3) is 0 Å². The molecule has 0 aromatic heterocycles. The Morgan fingerprint density at radius 3 is 2.40 bits per heavy atom. The Morgan fingerprint density at radius 1 is 1.80 bits per heavy atom. The van der Waals surface area contributed by atoms with Gasteiger partial charge in [0.15, 0.2) is 0 Å². The normalized spacial score (nSPS) is 9.20. The van der Waals surface area contributed by atoms with E-state index >= 15 is 0 Å². The smallest absolute Gasteiger partial charge is 0.242 e. The monoisotopic (exact) mass is 87.0 g/mol. The van der Waals surface area contributed by atoms with Crippen molar-refractivity contribution in [3.05, 3.63) is 12.3 Å².